The average molecular weight is 360 g/mol. The molecule has 0 atom stereocenters. The van der Waals surface area contributed by atoms with Crippen LogP contribution in [-0.2, 0) is 7.05 Å². The highest BCUT2D eigenvalue weighted by Crippen LogP contribution is 2.42. The predicted molar refractivity (Wildman–Crippen MR) is 114 cm³/mol. The third-order valence-electron chi connectivity index (χ3n) is 6.34. The van der Waals surface area contributed by atoms with E-state index in [1.165, 1.54) is 43.8 Å². The van der Waals surface area contributed by atoms with Crippen LogP contribution in [0.1, 0.15) is 16.7 Å². The van der Waals surface area contributed by atoms with Crippen LogP contribution in [0.15, 0.2) is 54.7 Å². The molecule has 0 amide bonds. The minimum Gasteiger partial charge on any atom is -0.307 e. The first-order chi connectivity index (χ1) is 13.6. The first-order valence-electron chi connectivity index (χ1n) is 9.51. The molecule has 0 aliphatic carbocycles. The van der Waals surface area contributed by atoms with Gasteiger partial charge in [0, 0.05) is 16.8 Å². The molecule has 3 aromatic heterocycles. The number of nitrogens with zero attached hydrogens (tertiary/aromatic N) is 3. The third kappa shape index (κ3) is 1.62. The van der Waals surface area contributed by atoms with Gasteiger partial charge in [-0.25, -0.2) is 4.57 Å². The van der Waals surface area contributed by atoms with Crippen LogP contribution in [0, 0.1) is 25.2 Å². The second kappa shape index (κ2) is 4.99. The van der Waals surface area contributed by atoms with Crippen LogP contribution >= 0.6 is 0 Å². The summed E-state index contributed by atoms with van der Waals surface area (Å²) >= 11 is 0. The van der Waals surface area contributed by atoms with E-state index >= 15 is 0 Å². The van der Waals surface area contributed by atoms with Crippen molar-refractivity contribution in [3.8, 4) is 6.07 Å². The second-order valence-corrected chi connectivity index (χ2v) is 7.75. The number of rotatable bonds is 0. The summed E-state index contributed by atoms with van der Waals surface area (Å²) in [6.07, 6.45) is 2.15. The molecule has 6 rings (SSSR count). The zero-order chi connectivity index (χ0) is 19.2. The van der Waals surface area contributed by atoms with E-state index in [1.54, 1.807) is 0 Å². The minimum atomic E-state index is 0.734. The van der Waals surface area contributed by atoms with Crippen LogP contribution in [0.5, 0.6) is 0 Å². The summed E-state index contributed by atoms with van der Waals surface area (Å²) in [5.74, 6) is 0. The van der Waals surface area contributed by atoms with Gasteiger partial charge in [0.25, 0.3) is 0 Å². The van der Waals surface area contributed by atoms with Crippen LogP contribution in [0.4, 0.5) is 0 Å². The number of fused-ring (bicyclic) bond motifs is 5. The van der Waals surface area contributed by atoms with Gasteiger partial charge < -0.3 is 4.40 Å². The van der Waals surface area contributed by atoms with Gasteiger partial charge in [-0.2, -0.15) is 5.26 Å². The Labute approximate surface area is 162 Å². The van der Waals surface area contributed by atoms with Gasteiger partial charge in [0.1, 0.15) is 7.05 Å². The van der Waals surface area contributed by atoms with Gasteiger partial charge in [0.2, 0.25) is 5.52 Å². The van der Waals surface area contributed by atoms with E-state index < -0.39 is 0 Å². The van der Waals surface area contributed by atoms with Crippen LogP contribution < -0.4 is 4.57 Å². The van der Waals surface area contributed by atoms with Crippen molar-refractivity contribution < 1.29 is 4.57 Å². The van der Waals surface area contributed by atoms with Gasteiger partial charge in [0.15, 0.2) is 6.20 Å². The Morgan fingerprint density at radius 3 is 2.46 bits per heavy atom. The maximum atomic E-state index is 9.79. The molecule has 0 bridgehead atoms. The molecule has 0 saturated carbocycles. The second-order valence-electron chi connectivity index (χ2n) is 7.75. The lowest BCUT2D eigenvalue weighted by atomic mass is 9.96. The van der Waals surface area contributed by atoms with Crippen molar-refractivity contribution in [3.05, 3.63) is 71.4 Å². The number of hydrogen-bond donors (Lipinski definition) is 0. The van der Waals surface area contributed by atoms with Crippen molar-refractivity contribution in [1.82, 2.24) is 4.40 Å². The molecule has 0 aliphatic heterocycles. The summed E-state index contributed by atoms with van der Waals surface area (Å²) in [6, 6.07) is 19.4. The largest absolute Gasteiger partial charge is 0.307 e. The molecule has 132 valence electrons. The standard InChI is InChI=1S/C25H18N3/c1-14-12-18-22-17(13-26)7-5-8-19(22)28-20-9-4-6-16-10-11-27(3)25(23(16)20)21(15(14)2)24(18)28/h4-12H,1-3H3/q+1. The summed E-state index contributed by atoms with van der Waals surface area (Å²) in [4.78, 5) is 0. The highest BCUT2D eigenvalue weighted by Gasteiger charge is 2.25. The smallest absolute Gasteiger partial charge is 0.224 e. The van der Waals surface area contributed by atoms with Gasteiger partial charge in [-0.3, -0.25) is 0 Å². The number of nitriles is 1. The van der Waals surface area contributed by atoms with Gasteiger partial charge in [0.05, 0.1) is 39.0 Å². The molecule has 6 aromatic rings. The lowest BCUT2D eigenvalue weighted by Gasteiger charge is -2.13. The first kappa shape index (κ1) is 15.4. The molecule has 0 spiro atoms. The van der Waals surface area contributed by atoms with Crippen molar-refractivity contribution >= 4 is 49.0 Å². The number of benzene rings is 3. The Balaban J connectivity index is 2.17. The van der Waals surface area contributed by atoms with E-state index in [2.05, 4.69) is 78.5 Å². The predicted octanol–water partition coefficient (Wildman–Crippen LogP) is 5.30. The Hall–Kier alpha value is -3.64. The van der Waals surface area contributed by atoms with Crippen molar-refractivity contribution in [2.24, 2.45) is 7.05 Å². The summed E-state index contributed by atoms with van der Waals surface area (Å²) < 4.78 is 4.60. The lowest BCUT2D eigenvalue weighted by Crippen LogP contribution is -2.29. The zero-order valence-corrected chi connectivity index (χ0v) is 16.0. The van der Waals surface area contributed by atoms with E-state index in [9.17, 15) is 5.26 Å². The van der Waals surface area contributed by atoms with E-state index in [-0.39, 0.29) is 0 Å². The summed E-state index contributed by atoms with van der Waals surface area (Å²) in [7, 11) is 2.12. The zero-order valence-electron chi connectivity index (χ0n) is 16.0. The molecular weight excluding hydrogens is 342 g/mol. The van der Waals surface area contributed by atoms with Gasteiger partial charge >= 0.3 is 0 Å². The fraction of sp³-hybridized carbons (Fsp3) is 0.120. The molecule has 0 unspecified atom stereocenters. The van der Waals surface area contributed by atoms with Gasteiger partial charge in [-0.15, -0.1) is 0 Å². The Morgan fingerprint density at radius 2 is 1.68 bits per heavy atom. The van der Waals surface area contributed by atoms with E-state index in [4.69, 9.17) is 0 Å². The Kier molecular flexibility index (Phi) is 2.75. The van der Waals surface area contributed by atoms with E-state index in [0.29, 0.717) is 0 Å². The summed E-state index contributed by atoms with van der Waals surface area (Å²) in [5.41, 5.74) is 8.05. The molecule has 0 aliphatic rings. The number of aromatic nitrogens is 2. The molecule has 3 heteroatoms. The van der Waals surface area contributed by atoms with Crippen molar-refractivity contribution in [3.63, 3.8) is 0 Å². The highest BCUT2D eigenvalue weighted by atomic mass is 15.0. The SMILES string of the molecule is Cc1cc2c3c(C#N)cccc3n3c4cccc5cc[n+](C)c(c(c1C)c23)c54. The number of hydrogen-bond acceptors (Lipinski definition) is 1. The quantitative estimate of drug-likeness (QED) is 0.205. The topological polar surface area (TPSA) is 32.1 Å². The van der Waals surface area contributed by atoms with Crippen molar-refractivity contribution in [1.29, 1.82) is 5.26 Å². The van der Waals surface area contributed by atoms with Gasteiger partial charge in [-0.05, 0) is 54.6 Å². The molecule has 0 saturated heterocycles. The molecule has 3 heterocycles. The minimum absolute atomic E-state index is 0.734. The maximum absolute atomic E-state index is 9.79. The molecule has 0 fully saturated rings. The normalized spacial score (nSPS) is 12.1. The van der Waals surface area contributed by atoms with Crippen LogP contribution in [0.3, 0.4) is 0 Å². The highest BCUT2D eigenvalue weighted by molar-refractivity contribution is 6.26. The first-order valence-corrected chi connectivity index (χ1v) is 9.51. The molecular formula is C25H18N3+. The summed E-state index contributed by atoms with van der Waals surface area (Å²) in [5, 5.41) is 15.8. The fourth-order valence-corrected chi connectivity index (χ4v) is 4.97. The Morgan fingerprint density at radius 1 is 0.929 bits per heavy atom. The fourth-order valence-electron chi connectivity index (χ4n) is 4.97. The van der Waals surface area contributed by atoms with Crippen LogP contribution in [0.25, 0.3) is 49.0 Å². The number of aryl methyl sites for hydroxylation is 3. The molecule has 0 N–H and O–H groups in total. The molecule has 3 aromatic carbocycles. The molecule has 28 heavy (non-hydrogen) atoms. The number of pyridine rings is 2. The molecule has 0 radical (unpaired) electrons. The summed E-state index contributed by atoms with van der Waals surface area (Å²) in [6.45, 7) is 4.38. The van der Waals surface area contributed by atoms with Crippen molar-refractivity contribution in [2.45, 2.75) is 13.8 Å². The third-order valence-corrected chi connectivity index (χ3v) is 6.34. The lowest BCUT2D eigenvalue weighted by molar-refractivity contribution is -0.643. The average Bonchev–Trinajstić information content (AvgIpc) is 3.04. The Bertz CT molecular complexity index is 1640. The van der Waals surface area contributed by atoms with Gasteiger partial charge in [-0.1, -0.05) is 18.2 Å². The van der Waals surface area contributed by atoms with E-state index in [0.717, 1.165) is 21.9 Å². The van der Waals surface area contributed by atoms with Crippen LogP contribution in [-0.4, -0.2) is 4.40 Å². The maximum Gasteiger partial charge on any atom is 0.224 e. The van der Waals surface area contributed by atoms with E-state index in [1.807, 2.05) is 12.1 Å². The van der Waals surface area contributed by atoms with Crippen LogP contribution in [0.2, 0.25) is 0 Å². The molecule has 3 nitrogen and oxygen atoms in total. The van der Waals surface area contributed by atoms with Crippen molar-refractivity contribution in [2.75, 3.05) is 0 Å². The monoisotopic (exact) mass is 360 g/mol.